The lowest BCUT2D eigenvalue weighted by Crippen LogP contribution is -2.21. The third-order valence-corrected chi connectivity index (χ3v) is 3.92. The fraction of sp³-hybridized carbons (Fsp3) is 0.188. The molecule has 2 aromatic heterocycles. The molecule has 0 spiro atoms. The summed E-state index contributed by atoms with van der Waals surface area (Å²) in [6, 6.07) is 12.4. The van der Waals surface area contributed by atoms with Gasteiger partial charge in [-0.25, -0.2) is 9.97 Å². The highest BCUT2D eigenvalue weighted by Crippen LogP contribution is 2.29. The van der Waals surface area contributed by atoms with Crippen LogP contribution in [0.5, 0.6) is 0 Å². The van der Waals surface area contributed by atoms with Crippen molar-refractivity contribution in [1.82, 2.24) is 15.0 Å². The monoisotopic (exact) mass is 275 g/mol. The van der Waals surface area contributed by atoms with Gasteiger partial charge in [0.05, 0.1) is 12.2 Å². The second-order valence-corrected chi connectivity index (χ2v) is 5.15. The molecule has 0 atom stereocenters. The minimum absolute atomic E-state index is 0.215. The molecule has 5 nitrogen and oxygen atoms in total. The van der Waals surface area contributed by atoms with E-state index in [4.69, 9.17) is 5.26 Å². The molecule has 0 saturated carbocycles. The minimum atomic E-state index is 0.215. The van der Waals surface area contributed by atoms with Crippen LogP contribution in [0.2, 0.25) is 0 Å². The molecule has 1 N–H and O–H groups in total. The van der Waals surface area contributed by atoms with Crippen LogP contribution in [0.15, 0.2) is 36.5 Å². The Morgan fingerprint density at radius 3 is 3.05 bits per heavy atom. The first kappa shape index (κ1) is 11.9. The highest BCUT2D eigenvalue weighted by molar-refractivity contribution is 5.78. The van der Waals surface area contributed by atoms with E-state index in [0.29, 0.717) is 6.54 Å². The number of rotatable bonds is 2. The molecule has 1 aliphatic heterocycles. The lowest BCUT2D eigenvalue weighted by Gasteiger charge is -2.19. The van der Waals surface area contributed by atoms with Crippen LogP contribution < -0.4 is 4.90 Å². The van der Waals surface area contributed by atoms with Crippen molar-refractivity contribution in [3.63, 3.8) is 0 Å². The topological polar surface area (TPSA) is 68.6 Å². The smallest absolute Gasteiger partial charge is 0.234 e. The molecule has 102 valence electrons. The average molecular weight is 275 g/mol. The van der Waals surface area contributed by atoms with Gasteiger partial charge in [-0.2, -0.15) is 5.26 Å². The summed E-state index contributed by atoms with van der Waals surface area (Å²) in [5.41, 5.74) is 4.26. The summed E-state index contributed by atoms with van der Waals surface area (Å²) in [6.45, 7) is 1.68. The van der Waals surface area contributed by atoms with E-state index < -0.39 is 0 Å². The third-order valence-electron chi connectivity index (χ3n) is 3.92. The molecular formula is C16H13N5. The number of anilines is 1. The van der Waals surface area contributed by atoms with Crippen LogP contribution in [-0.4, -0.2) is 21.5 Å². The van der Waals surface area contributed by atoms with E-state index in [0.717, 1.165) is 29.7 Å². The van der Waals surface area contributed by atoms with Gasteiger partial charge in [0, 0.05) is 23.8 Å². The summed E-state index contributed by atoms with van der Waals surface area (Å²) in [5, 5.41) is 10.1. The van der Waals surface area contributed by atoms with E-state index in [1.165, 1.54) is 11.3 Å². The lowest BCUT2D eigenvalue weighted by molar-refractivity contribution is 0.815. The van der Waals surface area contributed by atoms with E-state index in [-0.39, 0.29) is 5.82 Å². The maximum atomic E-state index is 9.08. The molecule has 21 heavy (non-hydrogen) atoms. The first-order chi connectivity index (χ1) is 10.3. The molecule has 0 unspecified atom stereocenters. The number of hydrogen-bond acceptors (Lipinski definition) is 4. The van der Waals surface area contributed by atoms with Crippen molar-refractivity contribution in [1.29, 1.82) is 5.26 Å². The molecule has 5 heteroatoms. The molecule has 0 amide bonds. The fourth-order valence-electron chi connectivity index (χ4n) is 2.93. The van der Waals surface area contributed by atoms with Gasteiger partial charge in [-0.05, 0) is 24.1 Å². The standard InChI is InChI=1S/C16H13N5/c17-9-15-19-13(12-5-7-18-16(12)20-15)10-21-8-6-11-3-1-2-4-14(11)21/h1-5,7H,6,8,10H2,(H,18,19,20). The van der Waals surface area contributed by atoms with E-state index in [1.807, 2.05) is 18.3 Å². The van der Waals surface area contributed by atoms with Crippen molar-refractivity contribution in [3.05, 3.63) is 53.6 Å². The second-order valence-electron chi connectivity index (χ2n) is 5.15. The van der Waals surface area contributed by atoms with Gasteiger partial charge < -0.3 is 9.88 Å². The summed E-state index contributed by atoms with van der Waals surface area (Å²) < 4.78 is 0. The van der Waals surface area contributed by atoms with Crippen LogP contribution >= 0.6 is 0 Å². The SMILES string of the molecule is N#Cc1nc(CN2CCc3ccccc32)c2cc[nH]c2n1. The molecule has 0 radical (unpaired) electrons. The molecule has 4 rings (SSSR count). The lowest BCUT2D eigenvalue weighted by atomic mass is 10.2. The predicted octanol–water partition coefficient (Wildman–Crippen LogP) is 2.39. The van der Waals surface area contributed by atoms with Crippen molar-refractivity contribution in [2.75, 3.05) is 11.4 Å². The van der Waals surface area contributed by atoms with E-state index in [1.54, 1.807) is 0 Å². The Bertz CT molecular complexity index is 858. The molecule has 3 heterocycles. The average Bonchev–Trinajstić information content (AvgIpc) is 3.14. The number of nitrogens with one attached hydrogen (secondary N) is 1. The maximum absolute atomic E-state index is 9.08. The molecule has 1 aromatic carbocycles. The Hall–Kier alpha value is -2.87. The van der Waals surface area contributed by atoms with Crippen molar-refractivity contribution >= 4 is 16.7 Å². The Kier molecular flexibility index (Phi) is 2.61. The number of nitriles is 1. The summed E-state index contributed by atoms with van der Waals surface area (Å²) in [4.78, 5) is 13.9. The van der Waals surface area contributed by atoms with Crippen LogP contribution in [-0.2, 0) is 13.0 Å². The normalized spacial score (nSPS) is 13.4. The maximum Gasteiger partial charge on any atom is 0.234 e. The molecule has 0 bridgehead atoms. The van der Waals surface area contributed by atoms with Crippen LogP contribution in [0.25, 0.3) is 11.0 Å². The quantitative estimate of drug-likeness (QED) is 0.779. The minimum Gasteiger partial charge on any atom is -0.365 e. The number of fused-ring (bicyclic) bond motifs is 2. The van der Waals surface area contributed by atoms with Gasteiger partial charge >= 0.3 is 0 Å². The first-order valence-corrected chi connectivity index (χ1v) is 6.92. The zero-order valence-corrected chi connectivity index (χ0v) is 11.4. The first-order valence-electron chi connectivity index (χ1n) is 6.92. The summed E-state index contributed by atoms with van der Waals surface area (Å²) >= 11 is 0. The van der Waals surface area contributed by atoms with Crippen molar-refractivity contribution in [2.45, 2.75) is 13.0 Å². The number of H-pyrrole nitrogens is 1. The highest BCUT2D eigenvalue weighted by atomic mass is 15.2. The van der Waals surface area contributed by atoms with Crippen molar-refractivity contribution in [2.24, 2.45) is 0 Å². The van der Waals surface area contributed by atoms with Gasteiger partial charge in [-0.1, -0.05) is 18.2 Å². The zero-order chi connectivity index (χ0) is 14.2. The molecule has 0 fully saturated rings. The Labute approximate surface area is 121 Å². The van der Waals surface area contributed by atoms with Gasteiger partial charge in [0.25, 0.3) is 0 Å². The fourth-order valence-corrected chi connectivity index (χ4v) is 2.93. The Balaban J connectivity index is 1.75. The van der Waals surface area contributed by atoms with E-state index in [9.17, 15) is 0 Å². The van der Waals surface area contributed by atoms with Crippen molar-refractivity contribution < 1.29 is 0 Å². The molecule has 0 saturated heterocycles. The number of benzene rings is 1. The summed E-state index contributed by atoms with van der Waals surface area (Å²) in [5.74, 6) is 0.215. The van der Waals surface area contributed by atoms with E-state index in [2.05, 4.69) is 44.1 Å². The number of aromatic nitrogens is 3. The number of nitrogens with zero attached hydrogens (tertiary/aromatic N) is 4. The van der Waals surface area contributed by atoms with Crippen LogP contribution in [0.4, 0.5) is 5.69 Å². The summed E-state index contributed by atoms with van der Waals surface area (Å²) in [7, 11) is 0. The Morgan fingerprint density at radius 1 is 1.24 bits per heavy atom. The molecular weight excluding hydrogens is 262 g/mol. The zero-order valence-electron chi connectivity index (χ0n) is 11.4. The van der Waals surface area contributed by atoms with Gasteiger partial charge in [-0.3, -0.25) is 0 Å². The largest absolute Gasteiger partial charge is 0.365 e. The summed E-state index contributed by atoms with van der Waals surface area (Å²) in [6.07, 6.45) is 2.89. The van der Waals surface area contributed by atoms with Gasteiger partial charge in [0.2, 0.25) is 5.82 Å². The van der Waals surface area contributed by atoms with Crippen molar-refractivity contribution in [3.8, 4) is 6.07 Å². The van der Waals surface area contributed by atoms with Gasteiger partial charge in [-0.15, -0.1) is 0 Å². The second kappa shape index (κ2) is 4.60. The highest BCUT2D eigenvalue weighted by Gasteiger charge is 2.20. The van der Waals surface area contributed by atoms with E-state index >= 15 is 0 Å². The van der Waals surface area contributed by atoms with Crippen LogP contribution in [0, 0.1) is 11.3 Å². The molecule has 3 aromatic rings. The molecule has 0 aliphatic carbocycles. The Morgan fingerprint density at radius 2 is 2.14 bits per heavy atom. The van der Waals surface area contributed by atoms with Gasteiger partial charge in [0.1, 0.15) is 11.7 Å². The van der Waals surface area contributed by atoms with Crippen LogP contribution in [0.3, 0.4) is 0 Å². The number of hydrogen-bond donors (Lipinski definition) is 1. The number of aromatic amines is 1. The molecule has 1 aliphatic rings. The third kappa shape index (κ3) is 1.93. The number of para-hydroxylation sites is 1. The van der Waals surface area contributed by atoms with Crippen LogP contribution in [0.1, 0.15) is 17.1 Å². The predicted molar refractivity (Wildman–Crippen MR) is 79.8 cm³/mol. The van der Waals surface area contributed by atoms with Gasteiger partial charge in [0.15, 0.2) is 0 Å².